The van der Waals surface area contributed by atoms with Crippen molar-refractivity contribution in [1.82, 2.24) is 9.97 Å². The molecule has 1 aromatic heterocycles. The van der Waals surface area contributed by atoms with Gasteiger partial charge in [-0.2, -0.15) is 0 Å². The molecule has 1 atom stereocenters. The van der Waals surface area contributed by atoms with Gasteiger partial charge in [0.2, 0.25) is 0 Å². The second-order valence-electron chi connectivity index (χ2n) is 3.45. The third kappa shape index (κ3) is 3.47. The van der Waals surface area contributed by atoms with Gasteiger partial charge in [0.15, 0.2) is 5.69 Å². The van der Waals surface area contributed by atoms with Crippen LogP contribution in [0.3, 0.4) is 0 Å². The van der Waals surface area contributed by atoms with Crippen LogP contribution in [0, 0.1) is 5.92 Å². The van der Waals surface area contributed by atoms with Crippen molar-refractivity contribution in [1.29, 1.82) is 0 Å². The van der Waals surface area contributed by atoms with Crippen molar-refractivity contribution < 1.29 is 14.6 Å². The molecule has 2 N–H and O–H groups in total. The molecule has 0 aliphatic rings. The number of aliphatic hydroxyl groups excluding tert-OH is 1. The average molecular weight is 225 g/mol. The summed E-state index contributed by atoms with van der Waals surface area (Å²) in [5.74, 6) is 0.192. The average Bonchev–Trinajstić information content (AvgIpc) is 2.35. The summed E-state index contributed by atoms with van der Waals surface area (Å²) in [6.45, 7) is 2.62. The Bertz CT molecular complexity index is 340. The van der Waals surface area contributed by atoms with Crippen molar-refractivity contribution in [2.24, 2.45) is 5.92 Å². The number of rotatable bonds is 5. The van der Waals surface area contributed by atoms with Crippen LogP contribution in [0.25, 0.3) is 0 Å². The molecule has 0 aliphatic heterocycles. The van der Waals surface area contributed by atoms with Gasteiger partial charge in [-0.15, -0.1) is 0 Å². The number of methoxy groups -OCH3 is 1. The second-order valence-corrected chi connectivity index (χ2v) is 3.45. The third-order valence-corrected chi connectivity index (χ3v) is 1.99. The lowest BCUT2D eigenvalue weighted by Crippen LogP contribution is -2.15. The van der Waals surface area contributed by atoms with Gasteiger partial charge >= 0.3 is 5.97 Å². The number of nitrogens with zero attached hydrogens (tertiary/aromatic N) is 2. The molecule has 0 amide bonds. The summed E-state index contributed by atoms with van der Waals surface area (Å²) in [6.07, 6.45) is 2.80. The van der Waals surface area contributed by atoms with E-state index < -0.39 is 5.97 Å². The fourth-order valence-corrected chi connectivity index (χ4v) is 0.973. The van der Waals surface area contributed by atoms with E-state index in [2.05, 4.69) is 20.0 Å². The summed E-state index contributed by atoms with van der Waals surface area (Å²) in [7, 11) is 1.29. The largest absolute Gasteiger partial charge is 0.464 e. The van der Waals surface area contributed by atoms with Gasteiger partial charge in [-0.3, -0.25) is 0 Å². The Morgan fingerprint density at radius 2 is 2.31 bits per heavy atom. The minimum atomic E-state index is -0.511. The Balaban J connectivity index is 2.54. The molecule has 88 valence electrons. The normalized spacial score (nSPS) is 11.9. The summed E-state index contributed by atoms with van der Waals surface area (Å²) >= 11 is 0. The predicted molar refractivity (Wildman–Crippen MR) is 58.1 cm³/mol. The number of carbonyl (C=O) groups is 1. The highest BCUT2D eigenvalue weighted by Gasteiger charge is 2.07. The van der Waals surface area contributed by atoms with Gasteiger partial charge in [-0.05, 0) is 5.92 Å². The Morgan fingerprint density at radius 1 is 1.56 bits per heavy atom. The van der Waals surface area contributed by atoms with Crippen LogP contribution in [-0.4, -0.2) is 41.3 Å². The maximum atomic E-state index is 11.1. The third-order valence-electron chi connectivity index (χ3n) is 1.99. The Labute approximate surface area is 93.7 Å². The molecule has 0 fully saturated rings. The van der Waals surface area contributed by atoms with Gasteiger partial charge in [0.1, 0.15) is 5.82 Å². The second kappa shape index (κ2) is 6.02. The zero-order valence-electron chi connectivity index (χ0n) is 9.30. The first-order valence-corrected chi connectivity index (χ1v) is 4.92. The molecule has 0 bridgehead atoms. The first-order chi connectivity index (χ1) is 7.67. The number of aromatic nitrogens is 2. The van der Waals surface area contributed by atoms with Crippen LogP contribution in [0.15, 0.2) is 12.4 Å². The van der Waals surface area contributed by atoms with Gasteiger partial charge in [-0.25, -0.2) is 14.8 Å². The molecule has 0 spiro atoms. The highest BCUT2D eigenvalue weighted by molar-refractivity contribution is 5.86. The van der Waals surface area contributed by atoms with E-state index in [1.165, 1.54) is 19.5 Å². The van der Waals surface area contributed by atoms with Crippen LogP contribution in [0.1, 0.15) is 17.4 Å². The van der Waals surface area contributed by atoms with Crippen LogP contribution < -0.4 is 5.32 Å². The fraction of sp³-hybridized carbons (Fsp3) is 0.500. The molecule has 0 aliphatic carbocycles. The maximum Gasteiger partial charge on any atom is 0.358 e. The van der Waals surface area contributed by atoms with E-state index in [1.54, 1.807) is 0 Å². The Kier molecular flexibility index (Phi) is 4.65. The molecule has 1 heterocycles. The molecule has 0 radical (unpaired) electrons. The summed E-state index contributed by atoms with van der Waals surface area (Å²) < 4.78 is 4.50. The summed E-state index contributed by atoms with van der Waals surface area (Å²) in [6, 6.07) is 0. The van der Waals surface area contributed by atoms with E-state index >= 15 is 0 Å². The quantitative estimate of drug-likeness (QED) is 0.701. The van der Waals surface area contributed by atoms with E-state index in [0.29, 0.717) is 12.4 Å². The molecule has 1 aromatic rings. The lowest BCUT2D eigenvalue weighted by Gasteiger charge is -2.09. The number of hydrogen-bond donors (Lipinski definition) is 2. The smallest absolute Gasteiger partial charge is 0.358 e. The molecular formula is C10H15N3O3. The molecule has 6 heteroatoms. The highest BCUT2D eigenvalue weighted by atomic mass is 16.5. The van der Waals surface area contributed by atoms with Gasteiger partial charge < -0.3 is 15.2 Å². The van der Waals surface area contributed by atoms with Gasteiger partial charge in [0.25, 0.3) is 0 Å². The van der Waals surface area contributed by atoms with Gasteiger partial charge in [0.05, 0.1) is 19.5 Å². The first kappa shape index (κ1) is 12.4. The van der Waals surface area contributed by atoms with E-state index in [-0.39, 0.29) is 18.2 Å². The van der Waals surface area contributed by atoms with Crippen LogP contribution in [0.4, 0.5) is 5.82 Å². The summed E-state index contributed by atoms with van der Waals surface area (Å²) in [5.41, 5.74) is 0.170. The standard InChI is InChI=1S/C10H15N3O3/c1-7(6-14)3-12-9-5-11-8(4-13-9)10(15)16-2/h4-5,7,14H,3,6H2,1-2H3,(H,12,13). The number of hydrogen-bond acceptors (Lipinski definition) is 6. The monoisotopic (exact) mass is 225 g/mol. The minimum absolute atomic E-state index is 0.112. The zero-order valence-corrected chi connectivity index (χ0v) is 9.30. The van der Waals surface area contributed by atoms with E-state index in [4.69, 9.17) is 5.11 Å². The van der Waals surface area contributed by atoms with Crippen molar-refractivity contribution in [3.05, 3.63) is 18.1 Å². The van der Waals surface area contributed by atoms with Crippen molar-refractivity contribution >= 4 is 11.8 Å². The maximum absolute atomic E-state index is 11.1. The lowest BCUT2D eigenvalue weighted by atomic mass is 10.2. The minimum Gasteiger partial charge on any atom is -0.464 e. The Hall–Kier alpha value is -1.69. The molecular weight excluding hydrogens is 210 g/mol. The Morgan fingerprint density at radius 3 is 2.81 bits per heavy atom. The number of esters is 1. The lowest BCUT2D eigenvalue weighted by molar-refractivity contribution is 0.0593. The first-order valence-electron chi connectivity index (χ1n) is 4.92. The molecule has 1 unspecified atom stereocenters. The summed E-state index contributed by atoms with van der Waals surface area (Å²) in [5, 5.41) is 11.8. The van der Waals surface area contributed by atoms with E-state index in [9.17, 15) is 4.79 Å². The van der Waals surface area contributed by atoms with Crippen LogP contribution in [-0.2, 0) is 4.74 Å². The van der Waals surface area contributed by atoms with Gasteiger partial charge in [0, 0.05) is 13.2 Å². The zero-order chi connectivity index (χ0) is 12.0. The molecule has 6 nitrogen and oxygen atoms in total. The predicted octanol–water partition coefficient (Wildman–Crippen LogP) is 0.303. The van der Waals surface area contributed by atoms with Crippen molar-refractivity contribution in [2.75, 3.05) is 25.6 Å². The van der Waals surface area contributed by atoms with Gasteiger partial charge in [-0.1, -0.05) is 6.92 Å². The fourth-order valence-electron chi connectivity index (χ4n) is 0.973. The van der Waals surface area contributed by atoms with Crippen molar-refractivity contribution in [3.8, 4) is 0 Å². The molecule has 16 heavy (non-hydrogen) atoms. The van der Waals surface area contributed by atoms with Crippen LogP contribution in [0.5, 0.6) is 0 Å². The van der Waals surface area contributed by atoms with Crippen LogP contribution >= 0.6 is 0 Å². The molecule has 0 saturated carbocycles. The van der Waals surface area contributed by atoms with Crippen molar-refractivity contribution in [3.63, 3.8) is 0 Å². The topological polar surface area (TPSA) is 84.3 Å². The van der Waals surface area contributed by atoms with Crippen LogP contribution in [0.2, 0.25) is 0 Å². The molecule has 0 saturated heterocycles. The van der Waals surface area contributed by atoms with E-state index in [1.807, 2.05) is 6.92 Å². The highest BCUT2D eigenvalue weighted by Crippen LogP contribution is 2.03. The van der Waals surface area contributed by atoms with E-state index in [0.717, 1.165) is 0 Å². The number of nitrogens with one attached hydrogen (secondary N) is 1. The number of anilines is 1. The molecule has 1 rings (SSSR count). The number of carbonyl (C=O) groups excluding carboxylic acids is 1. The van der Waals surface area contributed by atoms with Crippen molar-refractivity contribution in [2.45, 2.75) is 6.92 Å². The molecule has 0 aromatic carbocycles. The number of aliphatic hydroxyl groups is 1. The summed E-state index contributed by atoms with van der Waals surface area (Å²) in [4.78, 5) is 18.9. The SMILES string of the molecule is COC(=O)c1cnc(NCC(C)CO)cn1. The number of ether oxygens (including phenoxy) is 1.